The van der Waals surface area contributed by atoms with Crippen molar-refractivity contribution in [3.8, 4) is 17.2 Å². The Balaban J connectivity index is 1.66. The Morgan fingerprint density at radius 3 is 2.64 bits per heavy atom. The molecule has 4 heteroatoms. The second-order valence-corrected chi connectivity index (χ2v) is 7.68. The smallest absolute Gasteiger partial charge is 0.174 e. The minimum atomic E-state index is -0.265. The van der Waals surface area contributed by atoms with E-state index in [1.165, 1.54) is 0 Å². The maximum Gasteiger partial charge on any atom is 0.174 e. The number of carbonyl (C=O) groups excluding carboxylic acids is 1. The fourth-order valence-electron chi connectivity index (χ4n) is 4.35. The van der Waals surface area contributed by atoms with Crippen LogP contribution in [0.15, 0.2) is 36.4 Å². The van der Waals surface area contributed by atoms with Gasteiger partial charge in [0.2, 0.25) is 0 Å². The third-order valence-corrected chi connectivity index (χ3v) is 5.84. The summed E-state index contributed by atoms with van der Waals surface area (Å²) in [6.07, 6.45) is 0.220. The van der Waals surface area contributed by atoms with Crippen molar-refractivity contribution < 1.29 is 19.0 Å². The molecule has 0 N–H and O–H groups in total. The van der Waals surface area contributed by atoms with E-state index in [0.717, 1.165) is 16.9 Å². The molecular formula is C21H20O4. The van der Waals surface area contributed by atoms with Crippen LogP contribution in [0.2, 0.25) is 0 Å². The Morgan fingerprint density at radius 2 is 1.92 bits per heavy atom. The van der Waals surface area contributed by atoms with Gasteiger partial charge < -0.3 is 14.2 Å². The molecule has 0 saturated heterocycles. The van der Waals surface area contributed by atoms with Gasteiger partial charge in [0.25, 0.3) is 0 Å². The topological polar surface area (TPSA) is 44.8 Å². The molecule has 0 aromatic heterocycles. The van der Waals surface area contributed by atoms with Crippen molar-refractivity contribution in [3.63, 3.8) is 0 Å². The Labute approximate surface area is 146 Å². The van der Waals surface area contributed by atoms with Crippen LogP contribution in [0, 0.1) is 5.41 Å². The first-order valence-electron chi connectivity index (χ1n) is 8.68. The second kappa shape index (κ2) is 4.78. The van der Waals surface area contributed by atoms with Gasteiger partial charge in [-0.1, -0.05) is 44.2 Å². The summed E-state index contributed by atoms with van der Waals surface area (Å²) < 4.78 is 18.0. The molecule has 3 aliphatic rings. The summed E-state index contributed by atoms with van der Waals surface area (Å²) in [4.78, 5) is 12.9. The van der Waals surface area contributed by atoms with Crippen LogP contribution in [0.4, 0.5) is 0 Å². The fraction of sp³-hybridized carbons (Fsp3) is 0.381. The van der Waals surface area contributed by atoms with Gasteiger partial charge in [0.05, 0.1) is 13.5 Å². The predicted octanol–water partition coefficient (Wildman–Crippen LogP) is 4.29. The van der Waals surface area contributed by atoms with E-state index in [-0.39, 0.29) is 29.3 Å². The van der Waals surface area contributed by atoms with E-state index in [9.17, 15) is 4.79 Å². The van der Waals surface area contributed by atoms with Gasteiger partial charge in [-0.15, -0.1) is 0 Å². The molecule has 25 heavy (non-hydrogen) atoms. The highest BCUT2D eigenvalue weighted by Crippen LogP contribution is 2.70. The third-order valence-electron chi connectivity index (χ3n) is 5.84. The van der Waals surface area contributed by atoms with E-state index in [0.29, 0.717) is 23.5 Å². The zero-order valence-corrected chi connectivity index (χ0v) is 14.5. The first-order valence-corrected chi connectivity index (χ1v) is 8.68. The van der Waals surface area contributed by atoms with Crippen LogP contribution in [0.1, 0.15) is 53.8 Å². The van der Waals surface area contributed by atoms with Crippen molar-refractivity contribution in [2.45, 2.75) is 38.4 Å². The van der Waals surface area contributed by atoms with Gasteiger partial charge in [-0.25, -0.2) is 0 Å². The number of hydrogen-bond acceptors (Lipinski definition) is 4. The van der Waals surface area contributed by atoms with Crippen molar-refractivity contribution in [2.24, 2.45) is 5.41 Å². The monoisotopic (exact) mass is 336 g/mol. The van der Waals surface area contributed by atoms with Gasteiger partial charge in [-0.2, -0.15) is 0 Å². The van der Waals surface area contributed by atoms with Crippen LogP contribution in [0.3, 0.4) is 0 Å². The largest absolute Gasteiger partial charge is 0.496 e. The van der Waals surface area contributed by atoms with E-state index in [2.05, 4.69) is 13.8 Å². The van der Waals surface area contributed by atoms with Crippen molar-refractivity contribution in [3.05, 3.63) is 53.1 Å². The first-order chi connectivity index (χ1) is 12.0. The zero-order valence-electron chi connectivity index (χ0n) is 14.5. The van der Waals surface area contributed by atoms with E-state index >= 15 is 0 Å². The van der Waals surface area contributed by atoms with Crippen LogP contribution in [-0.2, 0) is 0 Å². The van der Waals surface area contributed by atoms with Crippen LogP contribution in [-0.4, -0.2) is 19.0 Å². The molecule has 4 nitrogen and oxygen atoms in total. The highest BCUT2D eigenvalue weighted by Gasteiger charge is 2.67. The number of fused-ring (bicyclic) bond motifs is 5. The van der Waals surface area contributed by atoms with Gasteiger partial charge in [-0.05, 0) is 5.56 Å². The van der Waals surface area contributed by atoms with Gasteiger partial charge >= 0.3 is 0 Å². The number of methoxy groups -OCH3 is 1. The van der Waals surface area contributed by atoms with E-state index in [1.54, 1.807) is 7.11 Å². The highest BCUT2D eigenvalue weighted by atomic mass is 16.5. The normalized spacial score (nSPS) is 27.5. The summed E-state index contributed by atoms with van der Waals surface area (Å²) in [6, 6.07) is 11.8. The summed E-state index contributed by atoms with van der Waals surface area (Å²) in [5.41, 5.74) is 2.71. The predicted molar refractivity (Wildman–Crippen MR) is 92.7 cm³/mol. The molecule has 2 aliphatic heterocycles. The Kier molecular flexibility index (Phi) is 2.83. The van der Waals surface area contributed by atoms with Crippen molar-refractivity contribution in [1.82, 2.24) is 0 Å². The van der Waals surface area contributed by atoms with Gasteiger partial charge in [0, 0.05) is 23.0 Å². The van der Waals surface area contributed by atoms with Crippen LogP contribution < -0.4 is 14.2 Å². The molecule has 2 aromatic carbocycles. The quantitative estimate of drug-likeness (QED) is 0.821. The molecular weight excluding hydrogens is 316 g/mol. The second-order valence-electron chi connectivity index (χ2n) is 7.68. The Bertz CT molecular complexity index is 885. The molecule has 2 unspecified atom stereocenters. The number of ketones is 1. The number of hydrogen-bond donors (Lipinski definition) is 0. The summed E-state index contributed by atoms with van der Waals surface area (Å²) in [5.74, 6) is 2.36. The lowest BCUT2D eigenvalue weighted by Crippen LogP contribution is -2.22. The molecule has 1 saturated carbocycles. The molecule has 5 rings (SSSR count). The molecule has 3 atom stereocenters. The fourth-order valence-corrected chi connectivity index (χ4v) is 4.35. The van der Waals surface area contributed by atoms with Crippen molar-refractivity contribution in [1.29, 1.82) is 0 Å². The summed E-state index contributed by atoms with van der Waals surface area (Å²) in [7, 11) is 1.58. The molecule has 0 spiro atoms. The first kappa shape index (κ1) is 14.8. The lowest BCUT2D eigenvalue weighted by molar-refractivity contribution is 0.0841. The maximum absolute atomic E-state index is 12.9. The maximum atomic E-state index is 12.9. The van der Waals surface area contributed by atoms with Crippen molar-refractivity contribution in [2.75, 3.05) is 7.11 Å². The van der Waals surface area contributed by atoms with Crippen molar-refractivity contribution >= 4 is 5.78 Å². The van der Waals surface area contributed by atoms with E-state index < -0.39 is 0 Å². The lowest BCUT2D eigenvalue weighted by Gasteiger charge is -2.29. The number of Topliss-reactive ketones (excluding diaryl/α,β-unsaturated/α-hetero) is 1. The molecule has 0 amide bonds. The lowest BCUT2D eigenvalue weighted by atomic mass is 9.91. The van der Waals surface area contributed by atoms with Gasteiger partial charge in [-0.3, -0.25) is 4.79 Å². The number of carbonyl (C=O) groups is 1. The highest BCUT2D eigenvalue weighted by molar-refractivity contribution is 6.03. The van der Waals surface area contributed by atoms with E-state index in [1.807, 2.05) is 36.4 Å². The minimum Gasteiger partial charge on any atom is -0.496 e. The average molecular weight is 336 g/mol. The number of rotatable bonds is 2. The molecule has 0 radical (unpaired) electrons. The number of ether oxygens (including phenoxy) is 3. The van der Waals surface area contributed by atoms with E-state index in [4.69, 9.17) is 14.2 Å². The Morgan fingerprint density at radius 1 is 1.16 bits per heavy atom. The standard InChI is InChI=1S/C21H20O4/c1-21(2)18-17-15(25-20(18)21)10-14(23-3)16-12(22)9-13(24-19(16)17)11-7-5-4-6-8-11/h4-8,10,13,18,20H,9H2,1-3H3/t13-,18?,20?/m0/s1. The van der Waals surface area contributed by atoms with Crippen LogP contribution in [0.5, 0.6) is 17.2 Å². The summed E-state index contributed by atoms with van der Waals surface area (Å²) >= 11 is 0. The molecule has 1 aliphatic carbocycles. The molecule has 2 heterocycles. The molecule has 128 valence electrons. The van der Waals surface area contributed by atoms with Gasteiger partial charge in [0.1, 0.15) is 35.0 Å². The Hall–Kier alpha value is -2.49. The van der Waals surface area contributed by atoms with Crippen LogP contribution >= 0.6 is 0 Å². The molecule has 2 aromatic rings. The summed E-state index contributed by atoms with van der Waals surface area (Å²) in [5, 5.41) is 0. The molecule has 0 bridgehead atoms. The molecule has 1 fully saturated rings. The zero-order chi connectivity index (χ0) is 17.3. The van der Waals surface area contributed by atoms with Gasteiger partial charge in [0.15, 0.2) is 5.78 Å². The number of benzene rings is 2. The summed E-state index contributed by atoms with van der Waals surface area (Å²) in [6.45, 7) is 4.39. The minimum absolute atomic E-state index is 0.0664. The average Bonchev–Trinajstić information content (AvgIpc) is 2.96. The van der Waals surface area contributed by atoms with Crippen LogP contribution in [0.25, 0.3) is 0 Å². The SMILES string of the molecule is COc1cc2c(c3c1C(=O)C[C@@H](c1ccccc1)O3)C1C(O2)C1(C)C. The third kappa shape index (κ3) is 1.91.